The molecule has 1 unspecified atom stereocenters. The molecule has 1 aromatic rings. The van der Waals surface area contributed by atoms with E-state index in [1.807, 2.05) is 25.1 Å². The van der Waals surface area contributed by atoms with Crippen LogP contribution in [0.1, 0.15) is 44.7 Å². The van der Waals surface area contributed by atoms with Gasteiger partial charge >= 0.3 is 5.97 Å². The summed E-state index contributed by atoms with van der Waals surface area (Å²) in [6, 6.07) is 10.3. The largest absolute Gasteiger partial charge is 0.463 e. The van der Waals surface area contributed by atoms with E-state index in [1.165, 1.54) is 11.1 Å². The van der Waals surface area contributed by atoms with E-state index in [-0.39, 0.29) is 17.9 Å². The van der Waals surface area contributed by atoms with Crippen molar-refractivity contribution in [3.63, 3.8) is 0 Å². The van der Waals surface area contributed by atoms with Crippen LogP contribution >= 0.6 is 0 Å². The lowest BCUT2D eigenvalue weighted by Gasteiger charge is -2.21. The minimum atomic E-state index is -0.109. The van der Waals surface area contributed by atoms with Crippen molar-refractivity contribution in [1.82, 2.24) is 5.32 Å². The molecule has 21 heavy (non-hydrogen) atoms. The van der Waals surface area contributed by atoms with Gasteiger partial charge in [0.1, 0.15) is 6.61 Å². The van der Waals surface area contributed by atoms with Gasteiger partial charge in [-0.25, -0.2) is 0 Å². The molecule has 1 aliphatic rings. The van der Waals surface area contributed by atoms with E-state index < -0.39 is 0 Å². The van der Waals surface area contributed by atoms with Gasteiger partial charge in [0.25, 0.3) is 0 Å². The molecular weight excluding hydrogens is 262 g/mol. The molecule has 114 valence electrons. The summed E-state index contributed by atoms with van der Waals surface area (Å²) in [5, 5.41) is 3.51. The monoisotopic (exact) mass is 287 g/mol. The highest BCUT2D eigenvalue weighted by molar-refractivity contribution is 5.72. The van der Waals surface area contributed by atoms with Gasteiger partial charge in [0.15, 0.2) is 0 Å². The molecule has 3 heteroatoms. The first-order chi connectivity index (χ1) is 10.2. The van der Waals surface area contributed by atoms with Gasteiger partial charge < -0.3 is 10.1 Å². The summed E-state index contributed by atoms with van der Waals surface area (Å²) in [7, 11) is 0. The second-order valence-corrected chi connectivity index (χ2v) is 5.84. The summed E-state index contributed by atoms with van der Waals surface area (Å²) in [5.41, 5.74) is 2.52. The first kappa shape index (κ1) is 15.8. The van der Waals surface area contributed by atoms with Crippen molar-refractivity contribution in [2.24, 2.45) is 5.92 Å². The summed E-state index contributed by atoms with van der Waals surface area (Å²) in [6.45, 7) is 5.40. The summed E-state index contributed by atoms with van der Waals surface area (Å²) in [4.78, 5) is 12.0. The maximum absolute atomic E-state index is 12.0. The van der Waals surface area contributed by atoms with E-state index in [9.17, 15) is 4.79 Å². The summed E-state index contributed by atoms with van der Waals surface area (Å²) >= 11 is 0. The van der Waals surface area contributed by atoms with Gasteiger partial charge in [-0.15, -0.1) is 0 Å². The Hall–Kier alpha value is -1.61. The molecule has 0 saturated heterocycles. The van der Waals surface area contributed by atoms with Crippen LogP contribution < -0.4 is 5.32 Å². The fourth-order valence-corrected chi connectivity index (χ4v) is 2.49. The number of carbonyl (C=O) groups excluding carboxylic acids is 1. The van der Waals surface area contributed by atoms with Crippen LogP contribution in [0, 0.1) is 5.92 Å². The molecule has 2 atom stereocenters. The van der Waals surface area contributed by atoms with Gasteiger partial charge in [-0.1, -0.05) is 48.9 Å². The first-order valence-electron chi connectivity index (χ1n) is 7.77. The molecule has 1 heterocycles. The number of benzene rings is 1. The van der Waals surface area contributed by atoms with E-state index in [0.29, 0.717) is 6.61 Å². The molecule has 0 saturated carbocycles. The Kier molecular flexibility index (Phi) is 6.00. The summed E-state index contributed by atoms with van der Waals surface area (Å²) in [6.07, 6.45) is 5.13. The third kappa shape index (κ3) is 5.01. The lowest BCUT2D eigenvalue weighted by molar-refractivity contribution is -0.148. The zero-order valence-electron chi connectivity index (χ0n) is 13.0. The average Bonchev–Trinajstić information content (AvgIpc) is 2.51. The first-order valence-corrected chi connectivity index (χ1v) is 7.77. The highest BCUT2D eigenvalue weighted by atomic mass is 16.5. The topological polar surface area (TPSA) is 38.3 Å². The molecule has 0 spiro atoms. The lowest BCUT2D eigenvalue weighted by atomic mass is 10.0. The van der Waals surface area contributed by atoms with Crippen LogP contribution in [0.4, 0.5) is 0 Å². The number of ether oxygens (including phenoxy) is 1. The van der Waals surface area contributed by atoms with Gasteiger partial charge in [0, 0.05) is 0 Å². The Morgan fingerprint density at radius 3 is 2.76 bits per heavy atom. The number of hydrogen-bond acceptors (Lipinski definition) is 3. The standard InChI is InChI=1S/C18H25NO2/c1-14-7-6-12-19-17(16-8-4-3-5-9-16)13-21-18(20)15(2)11-10-14/h3-5,8-10,15,17,19H,6-7,11-13H2,1-2H3/b14-10+/t15-,17?/m1/s1. The Morgan fingerprint density at radius 2 is 2.00 bits per heavy atom. The third-order valence-electron chi connectivity index (χ3n) is 3.96. The van der Waals surface area contributed by atoms with Crippen molar-refractivity contribution in [3.8, 4) is 0 Å². The molecule has 0 bridgehead atoms. The number of allylic oxidation sites excluding steroid dienone is 2. The average molecular weight is 287 g/mol. The number of hydrogen-bond donors (Lipinski definition) is 1. The summed E-state index contributed by atoms with van der Waals surface area (Å²) in [5.74, 6) is -0.182. The molecule has 0 aromatic heterocycles. The predicted octanol–water partition coefficient (Wildman–Crippen LogP) is 3.63. The van der Waals surface area contributed by atoms with Gasteiger partial charge in [-0.3, -0.25) is 4.79 Å². The van der Waals surface area contributed by atoms with Crippen LogP contribution in [0.25, 0.3) is 0 Å². The van der Waals surface area contributed by atoms with Crippen LogP contribution in [-0.2, 0) is 9.53 Å². The SMILES string of the molecule is C/C1=C\C[C@@H](C)C(=O)OCC(c2ccccc2)NCCC1. The zero-order valence-corrected chi connectivity index (χ0v) is 13.0. The molecule has 0 radical (unpaired) electrons. The Balaban J connectivity index is 2.07. The number of nitrogens with one attached hydrogen (secondary N) is 1. The zero-order chi connectivity index (χ0) is 15.1. The van der Waals surface area contributed by atoms with E-state index in [4.69, 9.17) is 4.74 Å². The second-order valence-electron chi connectivity index (χ2n) is 5.84. The Labute approximate surface area is 127 Å². The number of carbonyl (C=O) groups is 1. The molecule has 0 amide bonds. The minimum Gasteiger partial charge on any atom is -0.463 e. The fourth-order valence-electron chi connectivity index (χ4n) is 2.49. The van der Waals surface area contributed by atoms with Crippen molar-refractivity contribution in [3.05, 3.63) is 47.5 Å². The summed E-state index contributed by atoms with van der Waals surface area (Å²) < 4.78 is 5.50. The minimum absolute atomic E-state index is 0.0733. The van der Waals surface area contributed by atoms with Crippen molar-refractivity contribution in [1.29, 1.82) is 0 Å². The van der Waals surface area contributed by atoms with Crippen LogP contribution in [0.5, 0.6) is 0 Å². The molecular formula is C18H25NO2. The predicted molar refractivity (Wildman–Crippen MR) is 84.9 cm³/mol. The van der Waals surface area contributed by atoms with Crippen LogP contribution in [0.2, 0.25) is 0 Å². The normalized spacial score (nSPS) is 27.7. The van der Waals surface area contributed by atoms with Gasteiger partial charge in [0.2, 0.25) is 0 Å². The van der Waals surface area contributed by atoms with Crippen molar-refractivity contribution in [2.45, 2.75) is 39.2 Å². The molecule has 3 nitrogen and oxygen atoms in total. The maximum atomic E-state index is 12.0. The lowest BCUT2D eigenvalue weighted by Crippen LogP contribution is -2.29. The highest BCUT2D eigenvalue weighted by Crippen LogP contribution is 2.17. The van der Waals surface area contributed by atoms with Crippen LogP contribution in [0.3, 0.4) is 0 Å². The van der Waals surface area contributed by atoms with E-state index in [0.717, 1.165) is 25.8 Å². The Bertz CT molecular complexity index is 481. The highest BCUT2D eigenvalue weighted by Gasteiger charge is 2.18. The molecule has 1 N–H and O–H groups in total. The quantitative estimate of drug-likeness (QED) is 0.633. The molecule has 0 aliphatic carbocycles. The van der Waals surface area contributed by atoms with E-state index in [2.05, 4.69) is 30.4 Å². The number of cyclic esters (lactones) is 1. The third-order valence-corrected chi connectivity index (χ3v) is 3.96. The van der Waals surface area contributed by atoms with Crippen molar-refractivity contribution >= 4 is 5.97 Å². The van der Waals surface area contributed by atoms with Crippen LogP contribution in [-0.4, -0.2) is 19.1 Å². The molecule has 0 fully saturated rings. The van der Waals surface area contributed by atoms with E-state index in [1.54, 1.807) is 0 Å². The number of rotatable bonds is 1. The van der Waals surface area contributed by atoms with E-state index >= 15 is 0 Å². The maximum Gasteiger partial charge on any atom is 0.309 e. The van der Waals surface area contributed by atoms with Gasteiger partial charge in [-0.2, -0.15) is 0 Å². The smallest absolute Gasteiger partial charge is 0.309 e. The molecule has 2 rings (SSSR count). The van der Waals surface area contributed by atoms with Gasteiger partial charge in [-0.05, 0) is 38.3 Å². The second kappa shape index (κ2) is 7.99. The van der Waals surface area contributed by atoms with Crippen LogP contribution in [0.15, 0.2) is 42.0 Å². The fraction of sp³-hybridized carbons (Fsp3) is 0.500. The van der Waals surface area contributed by atoms with Crippen molar-refractivity contribution < 1.29 is 9.53 Å². The number of esters is 1. The molecule has 1 aromatic carbocycles. The Morgan fingerprint density at radius 1 is 1.24 bits per heavy atom. The van der Waals surface area contributed by atoms with Gasteiger partial charge in [0.05, 0.1) is 12.0 Å². The van der Waals surface area contributed by atoms with Crippen molar-refractivity contribution in [2.75, 3.05) is 13.2 Å². The molecule has 1 aliphatic heterocycles.